The smallest absolute Gasteiger partial charge is 0.125 e. The molecule has 0 amide bonds. The molecule has 0 heterocycles. The average molecular weight is 352 g/mol. The maximum absolute atomic E-state index is 4.51. The van der Waals surface area contributed by atoms with Crippen molar-refractivity contribution < 1.29 is 0 Å². The van der Waals surface area contributed by atoms with Crippen LogP contribution in [-0.4, -0.2) is 18.9 Å². The second-order valence-electron chi connectivity index (χ2n) is 7.74. The number of amidine groups is 1. The number of hydrogen-bond donors (Lipinski definition) is 2. The van der Waals surface area contributed by atoms with Crippen molar-refractivity contribution in [2.24, 2.45) is 4.99 Å². The Hall–Kier alpha value is -2.03. The minimum atomic E-state index is 0.396. The first-order valence-electron chi connectivity index (χ1n) is 10.0. The third-order valence-electron chi connectivity index (χ3n) is 5.98. The van der Waals surface area contributed by atoms with E-state index in [-0.39, 0.29) is 0 Å². The molecule has 3 heteroatoms. The Balaban J connectivity index is 1.70. The first-order chi connectivity index (χ1) is 12.6. The molecule has 1 unspecified atom stereocenters. The summed E-state index contributed by atoms with van der Waals surface area (Å²) in [5, 5.41) is 7.23. The Labute approximate surface area is 158 Å². The Morgan fingerprint density at radius 2 is 1.81 bits per heavy atom. The molecule has 2 N–H and O–H groups in total. The zero-order chi connectivity index (χ0) is 18.5. The quantitative estimate of drug-likeness (QED) is 0.574. The fraction of sp³-hybridized carbons (Fsp3) is 0.522. The summed E-state index contributed by atoms with van der Waals surface area (Å²) in [5.74, 6) is 1.41. The number of allylic oxidation sites excluding steroid dienone is 2. The first kappa shape index (κ1) is 18.8. The molecule has 26 heavy (non-hydrogen) atoms. The maximum atomic E-state index is 4.51. The van der Waals surface area contributed by atoms with Crippen molar-refractivity contribution >= 4 is 5.84 Å². The van der Waals surface area contributed by atoms with Gasteiger partial charge in [0, 0.05) is 36.0 Å². The van der Waals surface area contributed by atoms with E-state index in [1.54, 1.807) is 0 Å². The van der Waals surface area contributed by atoms with E-state index in [9.17, 15) is 0 Å². The number of nitrogens with one attached hydrogen (secondary N) is 2. The third kappa shape index (κ3) is 4.20. The van der Waals surface area contributed by atoms with E-state index in [1.807, 2.05) is 7.05 Å². The van der Waals surface area contributed by atoms with Gasteiger partial charge in [0.2, 0.25) is 0 Å². The van der Waals surface area contributed by atoms with Gasteiger partial charge in [0.15, 0.2) is 0 Å². The van der Waals surface area contributed by atoms with Crippen molar-refractivity contribution in [2.75, 3.05) is 7.05 Å². The minimum absolute atomic E-state index is 0.396. The molecular weight excluding hydrogens is 318 g/mol. The summed E-state index contributed by atoms with van der Waals surface area (Å²) in [6.07, 6.45) is 8.75. The number of hydrogen-bond acceptors (Lipinski definition) is 2. The van der Waals surface area contributed by atoms with Crippen molar-refractivity contribution in [1.29, 1.82) is 0 Å². The second kappa shape index (κ2) is 8.57. The van der Waals surface area contributed by atoms with E-state index in [4.69, 9.17) is 0 Å². The highest BCUT2D eigenvalue weighted by molar-refractivity contribution is 5.98. The van der Waals surface area contributed by atoms with Gasteiger partial charge < -0.3 is 10.6 Å². The van der Waals surface area contributed by atoms with Gasteiger partial charge in [-0.3, -0.25) is 4.99 Å². The van der Waals surface area contributed by atoms with E-state index in [0.717, 1.165) is 17.2 Å². The van der Waals surface area contributed by atoms with E-state index in [1.165, 1.54) is 61.6 Å². The number of nitrogens with zero attached hydrogens (tertiary/aromatic N) is 1. The zero-order valence-corrected chi connectivity index (χ0v) is 16.6. The number of benzene rings is 1. The largest absolute Gasteiger partial charge is 0.367 e. The summed E-state index contributed by atoms with van der Waals surface area (Å²) >= 11 is 0. The highest BCUT2D eigenvalue weighted by Crippen LogP contribution is 2.35. The van der Waals surface area contributed by atoms with Crippen molar-refractivity contribution in [3.8, 4) is 0 Å². The van der Waals surface area contributed by atoms with Gasteiger partial charge in [-0.05, 0) is 57.1 Å². The molecule has 0 radical (unpaired) electrons. The van der Waals surface area contributed by atoms with Crippen molar-refractivity contribution in [3.05, 3.63) is 58.9 Å². The summed E-state index contributed by atoms with van der Waals surface area (Å²) in [6, 6.07) is 9.39. The predicted molar refractivity (Wildman–Crippen MR) is 112 cm³/mol. The standard InChI is InChI=1S/C23H33N3/c1-16(23(24-4)26-20-12-6-7-13-20)17(2)25-18(3)21-15-9-11-19-10-5-8-14-22(19)21/h5,8,10,14,20-21,25H,3,6-7,9,11-13,15H2,1-2,4H3,(H,24,26)/b17-16+. The van der Waals surface area contributed by atoms with Crippen LogP contribution < -0.4 is 10.6 Å². The van der Waals surface area contributed by atoms with Crippen molar-refractivity contribution in [2.45, 2.75) is 70.8 Å². The molecule has 1 fully saturated rings. The highest BCUT2D eigenvalue weighted by Gasteiger charge is 2.23. The summed E-state index contributed by atoms with van der Waals surface area (Å²) < 4.78 is 0. The Bertz CT molecular complexity index is 708. The van der Waals surface area contributed by atoms with Crippen LogP contribution in [-0.2, 0) is 6.42 Å². The Morgan fingerprint density at radius 3 is 2.54 bits per heavy atom. The molecule has 140 valence electrons. The van der Waals surface area contributed by atoms with Gasteiger partial charge in [-0.2, -0.15) is 0 Å². The molecule has 2 aliphatic carbocycles. The molecule has 2 aliphatic rings. The lowest BCUT2D eigenvalue weighted by molar-refractivity contribution is 0.586. The molecule has 0 aliphatic heterocycles. The lowest BCUT2D eigenvalue weighted by atomic mass is 9.81. The Kier molecular flexibility index (Phi) is 6.18. The van der Waals surface area contributed by atoms with E-state index >= 15 is 0 Å². The molecule has 1 aromatic carbocycles. The average Bonchev–Trinajstić information content (AvgIpc) is 3.18. The van der Waals surface area contributed by atoms with Gasteiger partial charge in [-0.1, -0.05) is 43.7 Å². The van der Waals surface area contributed by atoms with Gasteiger partial charge in [0.05, 0.1) is 0 Å². The first-order valence-corrected chi connectivity index (χ1v) is 10.0. The lowest BCUT2D eigenvalue weighted by Crippen LogP contribution is -2.34. The van der Waals surface area contributed by atoms with Crippen LogP contribution in [0.2, 0.25) is 0 Å². The van der Waals surface area contributed by atoms with E-state index in [0.29, 0.717) is 12.0 Å². The minimum Gasteiger partial charge on any atom is -0.367 e. The van der Waals surface area contributed by atoms with Crippen LogP contribution in [0.15, 0.2) is 52.8 Å². The fourth-order valence-electron chi connectivity index (χ4n) is 4.32. The van der Waals surface area contributed by atoms with Gasteiger partial charge in [-0.15, -0.1) is 0 Å². The topological polar surface area (TPSA) is 36.4 Å². The number of fused-ring (bicyclic) bond motifs is 1. The number of aliphatic imine (C=N–C) groups is 1. The molecule has 0 spiro atoms. The molecule has 0 bridgehead atoms. The zero-order valence-electron chi connectivity index (χ0n) is 16.6. The molecule has 3 rings (SSSR count). The van der Waals surface area contributed by atoms with E-state index in [2.05, 4.69) is 60.3 Å². The molecule has 1 atom stereocenters. The van der Waals surface area contributed by atoms with Crippen LogP contribution in [0, 0.1) is 0 Å². The van der Waals surface area contributed by atoms with Gasteiger partial charge >= 0.3 is 0 Å². The lowest BCUT2D eigenvalue weighted by Gasteiger charge is -2.28. The second-order valence-corrected chi connectivity index (χ2v) is 7.74. The van der Waals surface area contributed by atoms with Crippen LogP contribution in [0.25, 0.3) is 0 Å². The van der Waals surface area contributed by atoms with Gasteiger partial charge in [-0.25, -0.2) is 0 Å². The maximum Gasteiger partial charge on any atom is 0.125 e. The van der Waals surface area contributed by atoms with Crippen LogP contribution in [0.5, 0.6) is 0 Å². The van der Waals surface area contributed by atoms with Crippen LogP contribution in [0.3, 0.4) is 0 Å². The van der Waals surface area contributed by atoms with Crippen molar-refractivity contribution in [1.82, 2.24) is 10.6 Å². The fourth-order valence-corrected chi connectivity index (χ4v) is 4.32. The number of aryl methyl sites for hydroxylation is 1. The summed E-state index contributed by atoms with van der Waals surface area (Å²) in [4.78, 5) is 4.51. The monoisotopic (exact) mass is 351 g/mol. The van der Waals surface area contributed by atoms with Crippen LogP contribution in [0.4, 0.5) is 0 Å². The molecule has 1 saturated carbocycles. The van der Waals surface area contributed by atoms with Crippen LogP contribution in [0.1, 0.15) is 69.4 Å². The molecular formula is C23H33N3. The SMILES string of the molecule is C=C(N/C(C)=C(\C)C(=NC)NC1CCCC1)C1CCCc2ccccc21. The Morgan fingerprint density at radius 1 is 1.08 bits per heavy atom. The number of rotatable bonds is 5. The summed E-state index contributed by atoms with van der Waals surface area (Å²) in [5.41, 5.74) is 6.35. The van der Waals surface area contributed by atoms with Crippen molar-refractivity contribution in [3.63, 3.8) is 0 Å². The third-order valence-corrected chi connectivity index (χ3v) is 5.98. The molecule has 0 saturated heterocycles. The molecule has 1 aromatic rings. The van der Waals surface area contributed by atoms with E-state index < -0.39 is 0 Å². The summed E-state index contributed by atoms with van der Waals surface area (Å²) in [6.45, 7) is 8.67. The predicted octanol–water partition coefficient (Wildman–Crippen LogP) is 5.06. The van der Waals surface area contributed by atoms with Gasteiger partial charge in [0.25, 0.3) is 0 Å². The highest BCUT2D eigenvalue weighted by atomic mass is 15.0. The van der Waals surface area contributed by atoms with Gasteiger partial charge in [0.1, 0.15) is 5.84 Å². The summed E-state index contributed by atoms with van der Waals surface area (Å²) in [7, 11) is 1.88. The normalized spacial score (nSPS) is 21.8. The molecule has 3 nitrogen and oxygen atoms in total. The van der Waals surface area contributed by atoms with Crippen LogP contribution >= 0.6 is 0 Å². The molecule has 0 aromatic heterocycles.